The molecule has 3 rings (SSSR count). The Bertz CT molecular complexity index is 725. The average molecular weight is 387 g/mol. The lowest BCUT2D eigenvalue weighted by molar-refractivity contribution is 0.142. The third-order valence-corrected chi connectivity index (χ3v) is 5.88. The molecule has 154 valence electrons. The minimum absolute atomic E-state index is 0.153. The molecule has 4 nitrogen and oxygen atoms in total. The summed E-state index contributed by atoms with van der Waals surface area (Å²) in [5.41, 5.74) is 3.87. The monoisotopic (exact) mass is 386 g/mol. The fourth-order valence-corrected chi connectivity index (χ4v) is 4.32. The van der Waals surface area contributed by atoms with Gasteiger partial charge in [-0.15, -0.1) is 0 Å². The molecule has 1 aromatic carbocycles. The Hall–Kier alpha value is -1.72. The van der Waals surface area contributed by atoms with Crippen molar-refractivity contribution in [3.63, 3.8) is 0 Å². The highest BCUT2D eigenvalue weighted by molar-refractivity contribution is 5.17. The third kappa shape index (κ3) is 5.89. The van der Waals surface area contributed by atoms with Crippen LogP contribution in [0.15, 0.2) is 30.5 Å². The number of aromatic nitrogens is 2. The zero-order valence-electron chi connectivity index (χ0n) is 17.7. The van der Waals surface area contributed by atoms with Crippen molar-refractivity contribution in [3.05, 3.63) is 53.1 Å². The van der Waals surface area contributed by atoms with E-state index in [1.807, 2.05) is 18.3 Å². The first-order chi connectivity index (χ1) is 13.5. The molecule has 2 heterocycles. The molecule has 0 N–H and O–H groups in total. The molecule has 1 saturated heterocycles. The Morgan fingerprint density at radius 1 is 1.21 bits per heavy atom. The maximum absolute atomic E-state index is 13.1. The van der Waals surface area contributed by atoms with Gasteiger partial charge in [-0.05, 0) is 69.8 Å². The molecular formula is C23H35FN4. The lowest BCUT2D eigenvalue weighted by Gasteiger charge is -2.34. The second kappa shape index (κ2) is 10.2. The summed E-state index contributed by atoms with van der Waals surface area (Å²) in [5.74, 6) is 0.568. The molecule has 1 aliphatic heterocycles. The Morgan fingerprint density at radius 2 is 2.00 bits per heavy atom. The van der Waals surface area contributed by atoms with Gasteiger partial charge >= 0.3 is 0 Å². The van der Waals surface area contributed by atoms with Crippen LogP contribution in [0.3, 0.4) is 0 Å². The minimum Gasteiger partial charge on any atom is -0.303 e. The number of nitrogens with zero attached hydrogens (tertiary/aromatic N) is 4. The Labute approximate surface area is 169 Å². The second-order valence-electron chi connectivity index (χ2n) is 8.36. The molecule has 1 aromatic heterocycles. The molecule has 0 spiro atoms. The van der Waals surface area contributed by atoms with Crippen molar-refractivity contribution in [1.82, 2.24) is 19.6 Å². The number of hydrogen-bond acceptors (Lipinski definition) is 3. The Kier molecular flexibility index (Phi) is 7.63. The Balaban J connectivity index is 1.45. The number of benzene rings is 1. The second-order valence-corrected chi connectivity index (χ2v) is 8.36. The first kappa shape index (κ1) is 21.0. The van der Waals surface area contributed by atoms with Gasteiger partial charge < -0.3 is 9.80 Å². The van der Waals surface area contributed by atoms with Crippen LogP contribution in [0.4, 0.5) is 4.39 Å². The van der Waals surface area contributed by atoms with Crippen LogP contribution >= 0.6 is 0 Å². The lowest BCUT2D eigenvalue weighted by atomic mass is 9.97. The molecule has 0 radical (unpaired) electrons. The van der Waals surface area contributed by atoms with Crippen LogP contribution in [-0.4, -0.2) is 52.8 Å². The number of aryl methyl sites for hydroxylation is 1. The topological polar surface area (TPSA) is 24.3 Å². The highest BCUT2D eigenvalue weighted by atomic mass is 19.1. The Morgan fingerprint density at radius 3 is 2.75 bits per heavy atom. The first-order valence-corrected chi connectivity index (χ1v) is 10.7. The number of hydrogen-bond donors (Lipinski definition) is 0. The molecule has 1 atom stereocenters. The van der Waals surface area contributed by atoms with Gasteiger partial charge in [-0.25, -0.2) is 4.39 Å². The van der Waals surface area contributed by atoms with Crippen molar-refractivity contribution in [2.45, 2.75) is 52.6 Å². The molecule has 1 aliphatic rings. The van der Waals surface area contributed by atoms with Crippen LogP contribution in [0, 0.1) is 18.7 Å². The number of likely N-dealkylation sites (tertiary alicyclic amines) is 1. The number of halogens is 1. The maximum Gasteiger partial charge on any atom is 0.123 e. The highest BCUT2D eigenvalue weighted by Crippen LogP contribution is 2.19. The summed E-state index contributed by atoms with van der Waals surface area (Å²) in [4.78, 5) is 5.03. The fraction of sp³-hybridized carbons (Fsp3) is 0.609. The summed E-state index contributed by atoms with van der Waals surface area (Å²) in [6.07, 6.45) is 6.74. The van der Waals surface area contributed by atoms with Crippen molar-refractivity contribution < 1.29 is 4.39 Å². The van der Waals surface area contributed by atoms with Crippen molar-refractivity contribution in [2.75, 3.05) is 33.2 Å². The molecule has 0 amide bonds. The molecule has 1 fully saturated rings. The number of rotatable bonds is 9. The van der Waals surface area contributed by atoms with Crippen LogP contribution in [0.5, 0.6) is 0 Å². The van der Waals surface area contributed by atoms with Gasteiger partial charge in [0, 0.05) is 44.0 Å². The molecule has 0 saturated carbocycles. The van der Waals surface area contributed by atoms with E-state index in [0.717, 1.165) is 44.9 Å². The van der Waals surface area contributed by atoms with E-state index in [4.69, 9.17) is 0 Å². The lowest BCUT2D eigenvalue weighted by Crippen LogP contribution is -2.40. The predicted molar refractivity (Wildman–Crippen MR) is 113 cm³/mol. The molecule has 5 heteroatoms. The quantitative estimate of drug-likeness (QED) is 0.648. The van der Waals surface area contributed by atoms with Gasteiger partial charge in [-0.3, -0.25) is 4.68 Å². The van der Waals surface area contributed by atoms with E-state index in [1.54, 1.807) is 12.1 Å². The van der Waals surface area contributed by atoms with Crippen molar-refractivity contribution in [2.24, 2.45) is 5.92 Å². The zero-order valence-corrected chi connectivity index (χ0v) is 17.7. The van der Waals surface area contributed by atoms with Gasteiger partial charge in [-0.2, -0.15) is 5.10 Å². The molecular weight excluding hydrogens is 351 g/mol. The first-order valence-electron chi connectivity index (χ1n) is 10.7. The standard InChI is InChI=1S/C23H35FN4/c1-4-12-28-19(2)22(15-25-28)18-26(3)16-21-6-5-13-27(17-21)14-11-20-7-9-23(24)10-8-20/h7-10,15,21H,4-6,11-14,16-18H2,1-3H3/t21-/m1/s1. The molecule has 2 aromatic rings. The summed E-state index contributed by atoms with van der Waals surface area (Å²) in [5, 5.41) is 4.53. The average Bonchev–Trinajstić information content (AvgIpc) is 3.02. The van der Waals surface area contributed by atoms with Gasteiger partial charge in [0.2, 0.25) is 0 Å². The molecule has 0 aliphatic carbocycles. The van der Waals surface area contributed by atoms with E-state index in [0.29, 0.717) is 0 Å². The minimum atomic E-state index is -0.153. The summed E-state index contributed by atoms with van der Waals surface area (Å²) in [7, 11) is 2.23. The smallest absolute Gasteiger partial charge is 0.123 e. The highest BCUT2D eigenvalue weighted by Gasteiger charge is 2.21. The van der Waals surface area contributed by atoms with Crippen molar-refractivity contribution >= 4 is 0 Å². The van der Waals surface area contributed by atoms with Crippen LogP contribution < -0.4 is 0 Å². The SMILES string of the molecule is CCCn1ncc(CN(C)C[C@H]2CCCN(CCc3ccc(F)cc3)C2)c1C. The summed E-state index contributed by atoms with van der Waals surface area (Å²) < 4.78 is 15.2. The van der Waals surface area contributed by atoms with Crippen LogP contribution in [0.25, 0.3) is 0 Å². The van der Waals surface area contributed by atoms with E-state index >= 15 is 0 Å². The summed E-state index contributed by atoms with van der Waals surface area (Å²) >= 11 is 0. The summed E-state index contributed by atoms with van der Waals surface area (Å²) in [6, 6.07) is 6.94. The predicted octanol–water partition coefficient (Wildman–Crippen LogP) is 4.13. The van der Waals surface area contributed by atoms with Crippen LogP contribution in [0.2, 0.25) is 0 Å². The molecule has 0 bridgehead atoms. The molecule has 0 unspecified atom stereocenters. The van der Waals surface area contributed by atoms with Gasteiger partial charge in [0.15, 0.2) is 0 Å². The molecule has 28 heavy (non-hydrogen) atoms. The van der Waals surface area contributed by atoms with E-state index in [9.17, 15) is 4.39 Å². The van der Waals surface area contributed by atoms with Crippen LogP contribution in [0.1, 0.15) is 43.0 Å². The van der Waals surface area contributed by atoms with Gasteiger partial charge in [-0.1, -0.05) is 19.1 Å². The van der Waals surface area contributed by atoms with Gasteiger partial charge in [0.05, 0.1) is 6.20 Å². The zero-order chi connectivity index (χ0) is 19.9. The van der Waals surface area contributed by atoms with E-state index in [1.165, 1.54) is 42.8 Å². The van der Waals surface area contributed by atoms with E-state index in [-0.39, 0.29) is 5.82 Å². The van der Waals surface area contributed by atoms with Crippen molar-refractivity contribution in [1.29, 1.82) is 0 Å². The fourth-order valence-electron chi connectivity index (χ4n) is 4.32. The third-order valence-electron chi connectivity index (χ3n) is 5.88. The van der Waals surface area contributed by atoms with Crippen molar-refractivity contribution in [3.8, 4) is 0 Å². The van der Waals surface area contributed by atoms with Gasteiger partial charge in [0.1, 0.15) is 5.82 Å². The largest absolute Gasteiger partial charge is 0.303 e. The number of piperidine rings is 1. The normalized spacial score (nSPS) is 18.1. The van der Waals surface area contributed by atoms with Gasteiger partial charge in [0.25, 0.3) is 0 Å². The van der Waals surface area contributed by atoms with E-state index in [2.05, 4.69) is 40.5 Å². The van der Waals surface area contributed by atoms with Crippen LogP contribution in [-0.2, 0) is 19.5 Å². The maximum atomic E-state index is 13.1. The summed E-state index contributed by atoms with van der Waals surface area (Å²) in [6.45, 7) is 10.9. The van der Waals surface area contributed by atoms with E-state index < -0.39 is 0 Å².